The normalized spacial score (nSPS) is 20.0. The van der Waals surface area contributed by atoms with Crippen LogP contribution in [0.3, 0.4) is 0 Å². The molecule has 0 aliphatic carbocycles. The molecule has 2 aliphatic heterocycles. The summed E-state index contributed by atoms with van der Waals surface area (Å²) in [4.78, 5) is 30.7. The summed E-state index contributed by atoms with van der Waals surface area (Å²) in [7, 11) is 1.51. The molecule has 7 nitrogen and oxygen atoms in total. The number of carbonyl (C=O) groups excluding carboxylic acids is 2. The number of benzene rings is 1. The SMILES string of the molecule is CCN(CC)C(=O)N1CCC2(CC1)CC(C(=O)NC)N(c1ccc(C#N)c(C(F)(F)F)c1)C2. The Balaban J connectivity index is 1.86. The van der Waals surface area contributed by atoms with Crippen molar-refractivity contribution in [2.45, 2.75) is 45.3 Å². The lowest BCUT2D eigenvalue weighted by Crippen LogP contribution is -2.49. The van der Waals surface area contributed by atoms with E-state index in [1.807, 2.05) is 18.7 Å². The summed E-state index contributed by atoms with van der Waals surface area (Å²) in [6.07, 6.45) is -2.82. The van der Waals surface area contributed by atoms with E-state index >= 15 is 0 Å². The van der Waals surface area contributed by atoms with Gasteiger partial charge in [0.05, 0.1) is 17.2 Å². The fourth-order valence-corrected chi connectivity index (χ4v) is 5.00. The second-order valence-corrected chi connectivity index (χ2v) is 8.74. The standard InChI is InChI=1S/C23H30F3N5O2/c1-4-29(5-2)21(33)30-10-8-22(9-11-30)13-19(20(32)28-3)31(15-22)17-7-6-16(14-27)18(12-17)23(24,25)26/h6-7,12,19H,4-5,8-11,13,15H2,1-3H3,(H,28,32). The van der Waals surface area contributed by atoms with Gasteiger partial charge in [0, 0.05) is 45.5 Å². The highest BCUT2D eigenvalue weighted by molar-refractivity contribution is 5.86. The monoisotopic (exact) mass is 465 g/mol. The molecule has 1 atom stereocenters. The third-order valence-electron chi connectivity index (χ3n) is 6.95. The van der Waals surface area contributed by atoms with Crippen molar-refractivity contribution < 1.29 is 22.8 Å². The van der Waals surface area contributed by atoms with E-state index in [4.69, 9.17) is 5.26 Å². The maximum Gasteiger partial charge on any atom is 0.417 e. The van der Waals surface area contributed by atoms with Gasteiger partial charge in [0.2, 0.25) is 5.91 Å². The number of anilines is 1. The first-order chi connectivity index (χ1) is 15.6. The largest absolute Gasteiger partial charge is 0.417 e. The van der Waals surface area contributed by atoms with Gasteiger partial charge >= 0.3 is 12.2 Å². The van der Waals surface area contributed by atoms with Crippen molar-refractivity contribution in [1.29, 1.82) is 5.26 Å². The molecular formula is C23H30F3N5O2. The Bertz CT molecular complexity index is 931. The second-order valence-electron chi connectivity index (χ2n) is 8.74. The number of hydrogen-bond donors (Lipinski definition) is 1. The van der Waals surface area contributed by atoms with Crippen molar-refractivity contribution >= 4 is 17.6 Å². The van der Waals surface area contributed by atoms with Gasteiger partial charge in [-0.05, 0) is 56.7 Å². The Morgan fingerprint density at radius 1 is 1.24 bits per heavy atom. The number of amides is 3. The van der Waals surface area contributed by atoms with Gasteiger partial charge in [0.1, 0.15) is 6.04 Å². The fourth-order valence-electron chi connectivity index (χ4n) is 5.00. The Kier molecular flexibility index (Phi) is 7.10. The molecule has 1 N–H and O–H groups in total. The van der Waals surface area contributed by atoms with Crippen LogP contribution in [0.5, 0.6) is 0 Å². The molecule has 2 heterocycles. The highest BCUT2D eigenvalue weighted by Gasteiger charge is 2.49. The molecule has 1 unspecified atom stereocenters. The van der Waals surface area contributed by atoms with Crippen molar-refractivity contribution in [3.8, 4) is 6.07 Å². The number of likely N-dealkylation sites (tertiary alicyclic amines) is 1. The number of nitrogens with zero attached hydrogens (tertiary/aromatic N) is 4. The summed E-state index contributed by atoms with van der Waals surface area (Å²) in [5, 5.41) is 11.7. The van der Waals surface area contributed by atoms with Crippen molar-refractivity contribution in [2.24, 2.45) is 5.41 Å². The Hall–Kier alpha value is -2.96. The van der Waals surface area contributed by atoms with Crippen LogP contribution in [0.1, 0.15) is 44.2 Å². The number of rotatable bonds is 4. The lowest BCUT2D eigenvalue weighted by atomic mass is 9.76. The molecule has 1 aromatic carbocycles. The third kappa shape index (κ3) is 4.87. The highest BCUT2D eigenvalue weighted by atomic mass is 19.4. The molecule has 0 aromatic heterocycles. The molecule has 10 heteroatoms. The summed E-state index contributed by atoms with van der Waals surface area (Å²) in [5.41, 5.74) is -1.45. The molecule has 180 valence electrons. The molecule has 2 fully saturated rings. The van der Waals surface area contributed by atoms with Crippen LogP contribution >= 0.6 is 0 Å². The molecule has 0 bridgehead atoms. The van der Waals surface area contributed by atoms with Gasteiger partial charge in [-0.25, -0.2) is 4.79 Å². The maximum absolute atomic E-state index is 13.5. The molecule has 3 rings (SSSR count). The smallest absolute Gasteiger partial charge is 0.359 e. The van der Waals surface area contributed by atoms with Crippen molar-refractivity contribution in [3.05, 3.63) is 29.3 Å². The van der Waals surface area contributed by atoms with E-state index in [2.05, 4.69) is 5.32 Å². The summed E-state index contributed by atoms with van der Waals surface area (Å²) in [6, 6.07) is 4.58. The quantitative estimate of drug-likeness (QED) is 0.739. The first-order valence-electron chi connectivity index (χ1n) is 11.2. The first-order valence-corrected chi connectivity index (χ1v) is 11.2. The molecule has 1 aromatic rings. The molecule has 1 spiro atoms. The van der Waals surface area contributed by atoms with E-state index in [9.17, 15) is 22.8 Å². The number of urea groups is 1. The fraction of sp³-hybridized carbons (Fsp3) is 0.609. The number of hydrogen-bond acceptors (Lipinski definition) is 4. The number of nitrogens with one attached hydrogen (secondary N) is 1. The summed E-state index contributed by atoms with van der Waals surface area (Å²) in [5.74, 6) is -0.258. The predicted molar refractivity (Wildman–Crippen MR) is 118 cm³/mol. The van der Waals surface area contributed by atoms with Crippen LogP contribution in [0.15, 0.2) is 18.2 Å². The van der Waals surface area contributed by atoms with Gasteiger partial charge in [-0.1, -0.05) is 0 Å². The molecule has 0 saturated carbocycles. The van der Waals surface area contributed by atoms with Crippen LogP contribution < -0.4 is 10.2 Å². The van der Waals surface area contributed by atoms with E-state index in [1.165, 1.54) is 13.1 Å². The molecular weight excluding hydrogens is 435 g/mol. The van der Waals surface area contributed by atoms with Crippen LogP contribution in [-0.4, -0.2) is 67.6 Å². The van der Waals surface area contributed by atoms with E-state index < -0.39 is 23.3 Å². The average molecular weight is 466 g/mol. The van der Waals surface area contributed by atoms with Crippen LogP contribution in [0.2, 0.25) is 0 Å². The van der Waals surface area contributed by atoms with Crippen molar-refractivity contribution in [2.75, 3.05) is 44.7 Å². The van der Waals surface area contributed by atoms with Gasteiger partial charge in [-0.2, -0.15) is 18.4 Å². The minimum Gasteiger partial charge on any atom is -0.359 e. The minimum atomic E-state index is -4.67. The zero-order valence-electron chi connectivity index (χ0n) is 19.2. The Morgan fingerprint density at radius 3 is 2.39 bits per heavy atom. The average Bonchev–Trinajstić information content (AvgIpc) is 3.17. The van der Waals surface area contributed by atoms with Crippen molar-refractivity contribution in [1.82, 2.24) is 15.1 Å². The molecule has 2 aliphatic rings. The number of nitriles is 1. The number of carbonyl (C=O) groups is 2. The van der Waals surface area contributed by atoms with Gasteiger partial charge in [0.25, 0.3) is 0 Å². The lowest BCUT2D eigenvalue weighted by Gasteiger charge is -2.40. The zero-order chi connectivity index (χ0) is 24.4. The number of alkyl halides is 3. The predicted octanol–water partition coefficient (Wildman–Crippen LogP) is 3.45. The Morgan fingerprint density at radius 2 is 1.88 bits per heavy atom. The van der Waals surface area contributed by atoms with E-state index in [0.29, 0.717) is 52.0 Å². The van der Waals surface area contributed by atoms with Gasteiger partial charge in [0.15, 0.2) is 0 Å². The van der Waals surface area contributed by atoms with Crippen LogP contribution in [0.4, 0.5) is 23.7 Å². The van der Waals surface area contributed by atoms with Crippen molar-refractivity contribution in [3.63, 3.8) is 0 Å². The third-order valence-corrected chi connectivity index (χ3v) is 6.95. The van der Waals surface area contributed by atoms with Crippen LogP contribution in [0.25, 0.3) is 0 Å². The number of likely N-dealkylation sites (N-methyl/N-ethyl adjacent to an activating group) is 1. The van der Waals surface area contributed by atoms with E-state index in [0.717, 1.165) is 12.1 Å². The van der Waals surface area contributed by atoms with E-state index in [1.54, 1.807) is 15.9 Å². The summed E-state index contributed by atoms with van der Waals surface area (Å²) >= 11 is 0. The minimum absolute atomic E-state index is 0.00512. The zero-order valence-corrected chi connectivity index (χ0v) is 19.2. The Labute approximate surface area is 192 Å². The van der Waals surface area contributed by atoms with Crippen LogP contribution in [-0.2, 0) is 11.0 Å². The van der Waals surface area contributed by atoms with Crippen LogP contribution in [0, 0.1) is 16.7 Å². The molecule has 2 saturated heterocycles. The van der Waals surface area contributed by atoms with Gasteiger partial charge < -0.3 is 20.0 Å². The number of halogens is 3. The van der Waals surface area contributed by atoms with Gasteiger partial charge in [-0.15, -0.1) is 0 Å². The topological polar surface area (TPSA) is 79.7 Å². The number of piperidine rings is 1. The summed E-state index contributed by atoms with van der Waals surface area (Å²) < 4.78 is 40.6. The van der Waals surface area contributed by atoms with Gasteiger partial charge in [-0.3, -0.25) is 4.79 Å². The highest BCUT2D eigenvalue weighted by Crippen LogP contribution is 2.46. The second kappa shape index (κ2) is 9.49. The molecule has 33 heavy (non-hydrogen) atoms. The van der Waals surface area contributed by atoms with E-state index in [-0.39, 0.29) is 23.0 Å². The lowest BCUT2D eigenvalue weighted by molar-refractivity contribution is -0.137. The maximum atomic E-state index is 13.5. The summed E-state index contributed by atoms with van der Waals surface area (Å²) in [6.45, 7) is 6.63. The molecule has 3 amide bonds. The first kappa shape index (κ1) is 24.7. The molecule has 0 radical (unpaired) electrons.